The van der Waals surface area contributed by atoms with Crippen LogP contribution >= 0.6 is 0 Å². The Kier molecular flexibility index (Phi) is 6.32. The predicted molar refractivity (Wildman–Crippen MR) is 68.5 cm³/mol. The zero-order valence-corrected chi connectivity index (χ0v) is 11.1. The van der Waals surface area contributed by atoms with Crippen molar-refractivity contribution in [2.24, 2.45) is 17.6 Å². The molecule has 0 aliphatic carbocycles. The average Bonchev–Trinajstić information content (AvgIpc) is 2.31. The third-order valence-corrected chi connectivity index (χ3v) is 3.92. The Morgan fingerprint density at radius 2 is 2.25 bits per heavy atom. The molecule has 0 aromatic heterocycles. The molecule has 1 saturated heterocycles. The second-order valence-corrected chi connectivity index (χ2v) is 5.15. The maximum absolute atomic E-state index is 5.92. The van der Waals surface area contributed by atoms with Crippen molar-refractivity contribution in [3.05, 3.63) is 0 Å². The lowest BCUT2D eigenvalue weighted by Crippen LogP contribution is -2.50. The molecule has 2 N–H and O–H groups in total. The van der Waals surface area contributed by atoms with E-state index < -0.39 is 0 Å². The highest BCUT2D eigenvalue weighted by molar-refractivity contribution is 4.82. The number of hydrogen-bond acceptors (Lipinski definition) is 3. The average molecular weight is 228 g/mol. The maximum atomic E-state index is 5.92. The summed E-state index contributed by atoms with van der Waals surface area (Å²) in [4.78, 5) is 2.58. The summed E-state index contributed by atoms with van der Waals surface area (Å²) in [5.41, 5.74) is 5.92. The molecule has 0 aromatic rings. The van der Waals surface area contributed by atoms with Gasteiger partial charge in [-0.3, -0.25) is 4.90 Å². The number of nitrogens with two attached hydrogens (primary N) is 1. The van der Waals surface area contributed by atoms with Crippen LogP contribution in [0.15, 0.2) is 0 Å². The lowest BCUT2D eigenvalue weighted by atomic mass is 9.92. The van der Waals surface area contributed by atoms with Crippen molar-refractivity contribution in [3.8, 4) is 0 Å². The molecule has 3 unspecified atom stereocenters. The molecule has 1 rings (SSSR count). The van der Waals surface area contributed by atoms with Gasteiger partial charge in [-0.05, 0) is 31.2 Å². The molecule has 3 atom stereocenters. The van der Waals surface area contributed by atoms with Gasteiger partial charge < -0.3 is 10.5 Å². The molecular weight excluding hydrogens is 200 g/mol. The van der Waals surface area contributed by atoms with Gasteiger partial charge in [0.25, 0.3) is 0 Å². The first kappa shape index (κ1) is 13.9. The van der Waals surface area contributed by atoms with E-state index in [9.17, 15) is 0 Å². The van der Waals surface area contributed by atoms with Crippen LogP contribution in [-0.2, 0) is 4.74 Å². The fourth-order valence-electron chi connectivity index (χ4n) is 2.85. The van der Waals surface area contributed by atoms with Crippen molar-refractivity contribution in [3.63, 3.8) is 0 Å². The molecule has 0 amide bonds. The zero-order chi connectivity index (χ0) is 12.0. The Hall–Kier alpha value is -0.120. The summed E-state index contributed by atoms with van der Waals surface area (Å²) in [5, 5.41) is 0. The maximum Gasteiger partial charge on any atom is 0.0503 e. The van der Waals surface area contributed by atoms with Gasteiger partial charge in [0.2, 0.25) is 0 Å². The summed E-state index contributed by atoms with van der Waals surface area (Å²) in [6.07, 6.45) is 4.02. The molecular formula is C13H28N2O. The van der Waals surface area contributed by atoms with Gasteiger partial charge in [-0.2, -0.15) is 0 Å². The molecule has 3 nitrogen and oxygen atoms in total. The van der Waals surface area contributed by atoms with Gasteiger partial charge in [-0.1, -0.05) is 20.3 Å². The van der Waals surface area contributed by atoms with Crippen LogP contribution in [0.2, 0.25) is 0 Å². The summed E-state index contributed by atoms with van der Waals surface area (Å²) in [6.45, 7) is 8.55. The summed E-state index contributed by atoms with van der Waals surface area (Å²) >= 11 is 0. The van der Waals surface area contributed by atoms with Crippen molar-refractivity contribution in [2.45, 2.75) is 39.2 Å². The minimum absolute atomic E-state index is 0.495. The van der Waals surface area contributed by atoms with Gasteiger partial charge in [-0.15, -0.1) is 0 Å². The van der Waals surface area contributed by atoms with E-state index in [4.69, 9.17) is 10.5 Å². The van der Waals surface area contributed by atoms with Crippen LogP contribution in [-0.4, -0.2) is 44.3 Å². The highest BCUT2D eigenvalue weighted by atomic mass is 16.5. The van der Waals surface area contributed by atoms with Gasteiger partial charge in [0.15, 0.2) is 0 Å². The predicted octanol–water partition coefficient (Wildman–Crippen LogP) is 1.72. The molecule has 1 heterocycles. The minimum atomic E-state index is 0.495. The number of piperidine rings is 1. The molecule has 1 fully saturated rings. The number of nitrogens with zero attached hydrogens (tertiary/aromatic N) is 1. The second-order valence-electron chi connectivity index (χ2n) is 5.15. The molecule has 16 heavy (non-hydrogen) atoms. The van der Waals surface area contributed by atoms with E-state index in [0.29, 0.717) is 12.0 Å². The highest BCUT2D eigenvalue weighted by Crippen LogP contribution is 2.23. The largest absolute Gasteiger partial charge is 0.384 e. The van der Waals surface area contributed by atoms with Gasteiger partial charge in [0, 0.05) is 26.2 Å². The number of ether oxygens (including phenoxy) is 1. The van der Waals surface area contributed by atoms with E-state index in [-0.39, 0.29) is 0 Å². The number of methoxy groups -OCH3 is 1. The summed E-state index contributed by atoms with van der Waals surface area (Å²) in [5.74, 6) is 1.41. The normalized spacial score (nSPS) is 26.6. The van der Waals surface area contributed by atoms with Crippen LogP contribution in [0.5, 0.6) is 0 Å². The van der Waals surface area contributed by atoms with Crippen LogP contribution < -0.4 is 5.73 Å². The fraction of sp³-hybridized carbons (Fsp3) is 1.00. The minimum Gasteiger partial charge on any atom is -0.384 e. The quantitative estimate of drug-likeness (QED) is 0.752. The Morgan fingerprint density at radius 1 is 1.50 bits per heavy atom. The molecule has 96 valence electrons. The van der Waals surface area contributed by atoms with Crippen LogP contribution in [0, 0.1) is 11.8 Å². The Morgan fingerprint density at radius 3 is 2.81 bits per heavy atom. The van der Waals surface area contributed by atoms with E-state index in [1.54, 1.807) is 7.11 Å². The van der Waals surface area contributed by atoms with Crippen molar-refractivity contribution < 1.29 is 4.74 Å². The van der Waals surface area contributed by atoms with Gasteiger partial charge >= 0.3 is 0 Å². The van der Waals surface area contributed by atoms with Crippen molar-refractivity contribution in [1.29, 1.82) is 0 Å². The lowest BCUT2D eigenvalue weighted by Gasteiger charge is -2.40. The monoisotopic (exact) mass is 228 g/mol. The summed E-state index contributed by atoms with van der Waals surface area (Å²) < 4.78 is 5.25. The first-order valence-electron chi connectivity index (χ1n) is 6.65. The summed E-state index contributed by atoms with van der Waals surface area (Å²) in [7, 11) is 1.77. The smallest absolute Gasteiger partial charge is 0.0503 e. The van der Waals surface area contributed by atoms with Crippen molar-refractivity contribution in [2.75, 3.05) is 33.4 Å². The van der Waals surface area contributed by atoms with Crippen molar-refractivity contribution in [1.82, 2.24) is 4.90 Å². The SMILES string of the molecule is CCC1CCCN(C(CN)C(C)COC)C1. The van der Waals surface area contributed by atoms with E-state index in [1.165, 1.54) is 32.4 Å². The fourth-order valence-corrected chi connectivity index (χ4v) is 2.85. The number of hydrogen-bond donors (Lipinski definition) is 1. The molecule has 0 radical (unpaired) electrons. The number of rotatable bonds is 6. The van der Waals surface area contributed by atoms with Crippen LogP contribution in [0.4, 0.5) is 0 Å². The Balaban J connectivity index is 2.50. The van der Waals surface area contributed by atoms with Crippen LogP contribution in [0.25, 0.3) is 0 Å². The lowest BCUT2D eigenvalue weighted by molar-refractivity contribution is 0.0568. The molecule has 0 aromatic carbocycles. The zero-order valence-electron chi connectivity index (χ0n) is 11.1. The van der Waals surface area contributed by atoms with Crippen LogP contribution in [0.3, 0.4) is 0 Å². The van der Waals surface area contributed by atoms with Gasteiger partial charge in [0.1, 0.15) is 0 Å². The molecule has 1 aliphatic heterocycles. The first-order valence-corrected chi connectivity index (χ1v) is 6.65. The van der Waals surface area contributed by atoms with E-state index in [2.05, 4.69) is 18.7 Å². The van der Waals surface area contributed by atoms with Crippen LogP contribution in [0.1, 0.15) is 33.1 Å². The highest BCUT2D eigenvalue weighted by Gasteiger charge is 2.27. The Bertz CT molecular complexity index is 187. The second kappa shape index (κ2) is 7.25. The Labute approximate surface area is 100 Å². The van der Waals surface area contributed by atoms with Crippen molar-refractivity contribution >= 4 is 0 Å². The topological polar surface area (TPSA) is 38.5 Å². The third-order valence-electron chi connectivity index (χ3n) is 3.92. The summed E-state index contributed by atoms with van der Waals surface area (Å²) in [6, 6.07) is 0.495. The van der Waals surface area contributed by atoms with E-state index in [1.807, 2.05) is 0 Å². The van der Waals surface area contributed by atoms with Gasteiger partial charge in [-0.25, -0.2) is 0 Å². The molecule has 3 heteroatoms. The number of likely N-dealkylation sites (tertiary alicyclic amines) is 1. The molecule has 0 bridgehead atoms. The molecule has 0 spiro atoms. The molecule has 1 aliphatic rings. The standard InChI is InChI=1S/C13H28N2O/c1-4-12-6-5-7-15(9-12)13(8-14)11(2)10-16-3/h11-13H,4-10,14H2,1-3H3. The van der Waals surface area contributed by atoms with E-state index >= 15 is 0 Å². The molecule has 0 saturated carbocycles. The van der Waals surface area contributed by atoms with E-state index in [0.717, 1.165) is 19.1 Å². The van der Waals surface area contributed by atoms with Gasteiger partial charge in [0.05, 0.1) is 6.61 Å². The first-order chi connectivity index (χ1) is 7.72. The third kappa shape index (κ3) is 3.72.